The van der Waals surface area contributed by atoms with Crippen LogP contribution in [-0.2, 0) is 4.74 Å². The highest BCUT2D eigenvalue weighted by atomic mass is 16.5. The van der Waals surface area contributed by atoms with Crippen molar-refractivity contribution < 1.29 is 4.74 Å². The molecule has 0 aliphatic carbocycles. The van der Waals surface area contributed by atoms with Crippen molar-refractivity contribution in [3.05, 3.63) is 176 Å². The molecule has 6 fully saturated rings. The summed E-state index contributed by atoms with van der Waals surface area (Å²) in [5, 5.41) is 45.0. The minimum atomic E-state index is 0.150. The van der Waals surface area contributed by atoms with Crippen LogP contribution in [0.2, 0.25) is 0 Å². The zero-order valence-corrected chi connectivity index (χ0v) is 57.3. The summed E-state index contributed by atoms with van der Waals surface area (Å²) in [5.41, 5.74) is 19.0. The number of nitrogens with zero attached hydrogens (tertiary/aromatic N) is 11. The molecule has 6 saturated heterocycles. The SMILES string of the molecule is Cc1cccc([C@@H](C)Nc2nnc(C)c3ccc(N4CC5(CCOC5)C4)cc23)c1C.Cc1cccc([C@@H](C)Nc2nnc(C)c3ccc(N4CCN5CCCC[C@@H]5C4)cc23)c1C.Cc1cccc([C@@H](C)Nc2nnc(C)c3ccc(N4CCN5CCC[C@@H]5C4)cc23)c1C. The number of fused-ring (bicyclic) bond motifs is 5. The summed E-state index contributed by atoms with van der Waals surface area (Å²) in [6.07, 6.45) is 7.91. The predicted octanol–water partition coefficient (Wildman–Crippen LogP) is 15.4. The Labute approximate surface area is 552 Å². The zero-order valence-electron chi connectivity index (χ0n) is 57.3. The van der Waals surface area contributed by atoms with Crippen molar-refractivity contribution in [2.75, 3.05) is 109 Å². The molecule has 486 valence electrons. The standard InChI is InChI=1S/C27H35N5.C26H33N5.C25H30N4O/c1-18-8-7-10-24(19(18)2)20(3)28-27-26-16-22(11-12-25(26)21(4)29-30-27)32-15-14-31-13-6-5-9-23(31)17-32;1-17-7-5-9-23(18(17)2)19(3)27-26-25-15-21(10-11-24(25)20(4)28-29-26)31-14-13-30-12-6-8-22(30)16-31;1-16-6-5-7-21(17(16)2)18(3)26-24-23-12-20(8-9-22(23)19(4)27-28-24)29-13-25(14-29)10-11-30-15-25/h7-8,10-12,16,20,23H,5-6,9,13-15,17H2,1-4H3,(H,28,30);5,7,9-11,15,19,22H,6,8,12-14,16H2,1-4H3,(H,27,29);5-9,12,18H,10-11,13-15H2,1-4H3,(H,26,28)/t20-,23-;19-,22-;18-/m111/s1. The quantitative estimate of drug-likeness (QED) is 0.107. The molecule has 3 N–H and O–H groups in total. The van der Waals surface area contributed by atoms with Gasteiger partial charge in [0.05, 0.1) is 41.8 Å². The van der Waals surface area contributed by atoms with Crippen LogP contribution in [0.3, 0.4) is 0 Å². The van der Waals surface area contributed by atoms with E-state index < -0.39 is 0 Å². The van der Waals surface area contributed by atoms with Gasteiger partial charge in [-0.05, 0) is 215 Å². The van der Waals surface area contributed by atoms with Crippen LogP contribution < -0.4 is 30.7 Å². The van der Waals surface area contributed by atoms with Crippen molar-refractivity contribution in [3.63, 3.8) is 0 Å². The Balaban J connectivity index is 0.000000127. The lowest BCUT2D eigenvalue weighted by Gasteiger charge is -2.48. The Morgan fingerprint density at radius 2 is 0.806 bits per heavy atom. The summed E-state index contributed by atoms with van der Waals surface area (Å²) in [6.45, 7) is 39.1. The van der Waals surface area contributed by atoms with E-state index in [9.17, 15) is 0 Å². The van der Waals surface area contributed by atoms with Gasteiger partial charge >= 0.3 is 0 Å². The summed E-state index contributed by atoms with van der Waals surface area (Å²) in [6, 6.07) is 41.7. The van der Waals surface area contributed by atoms with Crippen LogP contribution in [0.25, 0.3) is 32.3 Å². The van der Waals surface area contributed by atoms with E-state index in [1.165, 1.54) is 148 Å². The molecular weight excluding hydrogens is 1150 g/mol. The Morgan fingerprint density at radius 1 is 0.419 bits per heavy atom. The Kier molecular flexibility index (Phi) is 18.6. The van der Waals surface area contributed by atoms with Crippen LogP contribution >= 0.6 is 0 Å². The largest absolute Gasteiger partial charge is 0.381 e. The predicted molar refractivity (Wildman–Crippen MR) is 385 cm³/mol. The molecule has 15 rings (SSSR count). The van der Waals surface area contributed by atoms with Gasteiger partial charge in [0.1, 0.15) is 0 Å². The van der Waals surface area contributed by atoms with E-state index in [0.29, 0.717) is 17.5 Å². The van der Waals surface area contributed by atoms with Gasteiger partial charge in [0, 0.05) is 126 Å². The molecule has 6 aromatic carbocycles. The van der Waals surface area contributed by atoms with Gasteiger partial charge in [-0.15, -0.1) is 15.3 Å². The van der Waals surface area contributed by atoms with Crippen LogP contribution in [0.5, 0.6) is 0 Å². The molecule has 15 heteroatoms. The number of hydrogen-bond acceptors (Lipinski definition) is 15. The highest BCUT2D eigenvalue weighted by Gasteiger charge is 2.46. The Hall–Kier alpha value is -7.98. The van der Waals surface area contributed by atoms with Crippen molar-refractivity contribution in [1.29, 1.82) is 0 Å². The molecule has 93 heavy (non-hydrogen) atoms. The summed E-state index contributed by atoms with van der Waals surface area (Å²) >= 11 is 0. The molecule has 3 aromatic heterocycles. The minimum absolute atomic E-state index is 0.150. The lowest BCUT2D eigenvalue weighted by Crippen LogP contribution is -2.56. The number of hydrogen-bond donors (Lipinski definition) is 3. The van der Waals surface area contributed by atoms with Crippen molar-refractivity contribution in [2.24, 2.45) is 5.41 Å². The van der Waals surface area contributed by atoms with E-state index in [1.807, 2.05) is 20.8 Å². The van der Waals surface area contributed by atoms with Gasteiger partial charge in [0.25, 0.3) is 0 Å². The monoisotopic (exact) mass is 1250 g/mol. The summed E-state index contributed by atoms with van der Waals surface area (Å²) in [4.78, 5) is 12.9. The molecule has 1 spiro atoms. The van der Waals surface area contributed by atoms with Crippen molar-refractivity contribution in [1.82, 2.24) is 40.4 Å². The normalized spacial score (nSPS) is 19.7. The number of aromatic nitrogens is 6. The molecule has 15 nitrogen and oxygen atoms in total. The maximum absolute atomic E-state index is 5.64. The fraction of sp³-hybridized carbons (Fsp3) is 0.462. The molecule has 9 aromatic rings. The first-order chi connectivity index (χ1) is 45.0. The highest BCUT2D eigenvalue weighted by molar-refractivity contribution is 5.97. The number of piperidine rings is 1. The average Bonchev–Trinajstić information content (AvgIpc) is 1.76. The number of aryl methyl sites for hydroxylation is 6. The lowest BCUT2D eigenvalue weighted by molar-refractivity contribution is 0.131. The van der Waals surface area contributed by atoms with E-state index in [4.69, 9.17) is 4.74 Å². The van der Waals surface area contributed by atoms with Crippen molar-refractivity contribution >= 4 is 66.8 Å². The number of anilines is 6. The fourth-order valence-corrected chi connectivity index (χ4v) is 15.8. The first kappa shape index (κ1) is 63.8. The van der Waals surface area contributed by atoms with Crippen LogP contribution in [0.1, 0.15) is 145 Å². The van der Waals surface area contributed by atoms with Crippen LogP contribution in [0.15, 0.2) is 109 Å². The Bertz CT molecular complexity index is 4170. The molecule has 0 unspecified atom stereocenters. The number of piperazine rings is 2. The summed E-state index contributed by atoms with van der Waals surface area (Å²) in [7, 11) is 0. The zero-order chi connectivity index (χ0) is 64.7. The minimum Gasteiger partial charge on any atom is -0.381 e. The Morgan fingerprint density at radius 3 is 1.20 bits per heavy atom. The number of nitrogens with one attached hydrogen (secondary N) is 3. The van der Waals surface area contributed by atoms with E-state index >= 15 is 0 Å². The maximum atomic E-state index is 5.64. The van der Waals surface area contributed by atoms with Gasteiger partial charge in [0.15, 0.2) is 17.5 Å². The molecule has 5 atom stereocenters. The third-order valence-electron chi connectivity index (χ3n) is 22.0. The van der Waals surface area contributed by atoms with Crippen molar-refractivity contribution in [3.8, 4) is 0 Å². The second kappa shape index (κ2) is 27.2. The van der Waals surface area contributed by atoms with Gasteiger partial charge < -0.3 is 35.4 Å². The van der Waals surface area contributed by atoms with E-state index in [-0.39, 0.29) is 18.1 Å². The first-order valence-electron chi connectivity index (χ1n) is 34.6. The van der Waals surface area contributed by atoms with Gasteiger partial charge in [-0.25, -0.2) is 0 Å². The van der Waals surface area contributed by atoms with Crippen molar-refractivity contribution in [2.45, 2.75) is 152 Å². The van der Waals surface area contributed by atoms with Gasteiger partial charge in [-0.3, -0.25) is 9.80 Å². The van der Waals surface area contributed by atoms with Gasteiger partial charge in [-0.1, -0.05) is 79.2 Å². The third kappa shape index (κ3) is 13.3. The molecule has 0 radical (unpaired) electrons. The van der Waals surface area contributed by atoms with E-state index in [2.05, 4.69) is 243 Å². The number of benzene rings is 6. The molecule has 0 saturated carbocycles. The number of ether oxygens (including phenoxy) is 1. The number of rotatable bonds is 12. The molecule has 9 heterocycles. The highest BCUT2D eigenvalue weighted by Crippen LogP contribution is 2.43. The topological polar surface area (TPSA) is 139 Å². The van der Waals surface area contributed by atoms with Crippen LogP contribution in [0, 0.1) is 67.7 Å². The molecule has 6 aliphatic heterocycles. The second-order valence-electron chi connectivity index (χ2n) is 28.1. The average molecular weight is 1250 g/mol. The molecule has 6 aliphatic rings. The van der Waals surface area contributed by atoms with Crippen LogP contribution in [-0.4, -0.2) is 131 Å². The summed E-state index contributed by atoms with van der Waals surface area (Å²) < 4.78 is 5.64. The molecule has 0 amide bonds. The maximum Gasteiger partial charge on any atom is 0.157 e. The molecular formula is C78H98N14O. The second-order valence-corrected chi connectivity index (χ2v) is 28.1. The lowest BCUT2D eigenvalue weighted by atomic mass is 9.79. The first-order valence-corrected chi connectivity index (χ1v) is 34.6. The fourth-order valence-electron chi connectivity index (χ4n) is 15.8. The van der Waals surface area contributed by atoms with Crippen LogP contribution in [0.4, 0.5) is 34.5 Å². The third-order valence-corrected chi connectivity index (χ3v) is 22.0. The van der Waals surface area contributed by atoms with E-state index in [0.717, 1.165) is 103 Å². The smallest absolute Gasteiger partial charge is 0.157 e. The molecule has 0 bridgehead atoms. The summed E-state index contributed by atoms with van der Waals surface area (Å²) in [5.74, 6) is 2.60. The van der Waals surface area contributed by atoms with Gasteiger partial charge in [0.2, 0.25) is 0 Å². The van der Waals surface area contributed by atoms with Gasteiger partial charge in [-0.2, -0.15) is 15.3 Å². The van der Waals surface area contributed by atoms with E-state index in [1.54, 1.807) is 0 Å².